The Hall–Kier alpha value is -1.85. The summed E-state index contributed by atoms with van der Waals surface area (Å²) in [5.41, 5.74) is -0.815. The number of rotatable bonds is 5. The Morgan fingerprint density at radius 1 is 1.47 bits per heavy atom. The van der Waals surface area contributed by atoms with E-state index in [4.69, 9.17) is 4.42 Å². The highest BCUT2D eigenvalue weighted by Crippen LogP contribution is 2.17. The minimum Gasteiger partial charge on any atom is -0.480 e. The molecule has 0 bridgehead atoms. The molecule has 0 saturated heterocycles. The zero-order valence-corrected chi connectivity index (χ0v) is 10.1. The highest BCUT2D eigenvalue weighted by atomic mass is 16.4. The van der Waals surface area contributed by atoms with E-state index in [0.717, 1.165) is 6.39 Å². The molecule has 6 heteroatoms. The summed E-state index contributed by atoms with van der Waals surface area (Å²) in [6.07, 6.45) is 1.76. The standard InChI is InChI=1S/C11H16N2O4/c1-4-11(5-2,10(15)16)13-9(14)8-7(3)12-6-17-8/h6H,4-5H2,1-3H3,(H,13,14)(H,15,16). The molecule has 0 radical (unpaired) electrons. The summed E-state index contributed by atoms with van der Waals surface area (Å²) in [4.78, 5) is 26.9. The summed E-state index contributed by atoms with van der Waals surface area (Å²) in [5.74, 6) is -1.54. The topological polar surface area (TPSA) is 92.4 Å². The molecule has 0 aromatic carbocycles. The van der Waals surface area contributed by atoms with E-state index in [1.54, 1.807) is 20.8 Å². The fraction of sp³-hybridized carbons (Fsp3) is 0.545. The van der Waals surface area contributed by atoms with Crippen molar-refractivity contribution in [3.63, 3.8) is 0 Å². The number of nitrogens with one attached hydrogen (secondary N) is 1. The van der Waals surface area contributed by atoms with E-state index >= 15 is 0 Å². The van der Waals surface area contributed by atoms with Gasteiger partial charge in [-0.1, -0.05) is 13.8 Å². The molecule has 17 heavy (non-hydrogen) atoms. The smallest absolute Gasteiger partial charge is 0.329 e. The van der Waals surface area contributed by atoms with Crippen molar-refractivity contribution in [1.29, 1.82) is 0 Å². The molecule has 0 unspecified atom stereocenters. The number of aliphatic carboxylic acids is 1. The Morgan fingerprint density at radius 2 is 2.06 bits per heavy atom. The predicted molar refractivity (Wildman–Crippen MR) is 59.7 cm³/mol. The Morgan fingerprint density at radius 3 is 2.41 bits per heavy atom. The van der Waals surface area contributed by atoms with E-state index in [-0.39, 0.29) is 5.76 Å². The highest BCUT2D eigenvalue weighted by molar-refractivity contribution is 5.96. The molecule has 94 valence electrons. The van der Waals surface area contributed by atoms with Gasteiger partial charge in [0.1, 0.15) is 5.54 Å². The normalized spacial score (nSPS) is 11.2. The minimum absolute atomic E-state index is 0.0533. The molecule has 1 heterocycles. The summed E-state index contributed by atoms with van der Waals surface area (Å²) >= 11 is 0. The van der Waals surface area contributed by atoms with Gasteiger partial charge in [0, 0.05) is 0 Å². The molecule has 0 aliphatic rings. The van der Waals surface area contributed by atoms with Crippen LogP contribution in [0.2, 0.25) is 0 Å². The molecular weight excluding hydrogens is 224 g/mol. The molecule has 1 amide bonds. The first-order valence-corrected chi connectivity index (χ1v) is 5.42. The van der Waals surface area contributed by atoms with Crippen molar-refractivity contribution >= 4 is 11.9 Å². The average Bonchev–Trinajstić information content (AvgIpc) is 2.72. The van der Waals surface area contributed by atoms with Crippen molar-refractivity contribution < 1.29 is 19.1 Å². The van der Waals surface area contributed by atoms with Gasteiger partial charge in [0.25, 0.3) is 5.91 Å². The lowest BCUT2D eigenvalue weighted by Crippen LogP contribution is -2.53. The lowest BCUT2D eigenvalue weighted by molar-refractivity contribution is -0.144. The van der Waals surface area contributed by atoms with Crippen molar-refractivity contribution in [2.75, 3.05) is 0 Å². The van der Waals surface area contributed by atoms with Crippen LogP contribution in [-0.2, 0) is 4.79 Å². The molecule has 0 atom stereocenters. The average molecular weight is 240 g/mol. The summed E-state index contributed by atoms with van der Waals surface area (Å²) < 4.78 is 4.92. The number of carbonyl (C=O) groups excluding carboxylic acids is 1. The lowest BCUT2D eigenvalue weighted by atomic mass is 9.93. The number of aryl methyl sites for hydroxylation is 1. The van der Waals surface area contributed by atoms with E-state index < -0.39 is 17.4 Å². The Labute approximate surface area is 99.0 Å². The zero-order valence-electron chi connectivity index (χ0n) is 10.1. The third kappa shape index (κ3) is 2.46. The second-order valence-electron chi connectivity index (χ2n) is 3.82. The molecule has 1 rings (SSSR count). The van der Waals surface area contributed by atoms with Gasteiger partial charge in [-0.25, -0.2) is 9.78 Å². The van der Waals surface area contributed by atoms with Crippen LogP contribution in [0.1, 0.15) is 42.9 Å². The van der Waals surface area contributed by atoms with Gasteiger partial charge >= 0.3 is 5.97 Å². The molecule has 6 nitrogen and oxygen atoms in total. The van der Waals surface area contributed by atoms with Crippen LogP contribution in [0.15, 0.2) is 10.8 Å². The van der Waals surface area contributed by atoms with Gasteiger partial charge in [-0.3, -0.25) is 4.79 Å². The number of nitrogens with zero attached hydrogens (tertiary/aromatic N) is 1. The molecule has 1 aromatic rings. The fourth-order valence-corrected chi connectivity index (χ4v) is 1.58. The summed E-state index contributed by atoms with van der Waals surface area (Å²) in [6, 6.07) is 0. The monoisotopic (exact) mass is 240 g/mol. The van der Waals surface area contributed by atoms with E-state index in [2.05, 4.69) is 10.3 Å². The molecule has 0 aliphatic carbocycles. The van der Waals surface area contributed by atoms with Crippen molar-refractivity contribution in [3.8, 4) is 0 Å². The van der Waals surface area contributed by atoms with E-state index in [1.165, 1.54) is 0 Å². The van der Waals surface area contributed by atoms with E-state index in [1.807, 2.05) is 0 Å². The van der Waals surface area contributed by atoms with E-state index in [0.29, 0.717) is 18.5 Å². The second-order valence-corrected chi connectivity index (χ2v) is 3.82. The maximum atomic E-state index is 11.9. The SMILES string of the molecule is CCC(CC)(NC(=O)c1ocnc1C)C(=O)O. The van der Waals surface area contributed by atoms with Crippen LogP contribution < -0.4 is 5.32 Å². The van der Waals surface area contributed by atoms with Crippen LogP contribution >= 0.6 is 0 Å². The molecule has 0 aliphatic heterocycles. The van der Waals surface area contributed by atoms with Gasteiger partial charge in [-0.15, -0.1) is 0 Å². The highest BCUT2D eigenvalue weighted by Gasteiger charge is 2.37. The Kier molecular flexibility index (Phi) is 3.88. The van der Waals surface area contributed by atoms with Crippen LogP contribution in [0, 0.1) is 6.92 Å². The lowest BCUT2D eigenvalue weighted by Gasteiger charge is -2.27. The first-order chi connectivity index (χ1) is 7.96. The van der Waals surface area contributed by atoms with Gasteiger partial charge in [-0.05, 0) is 19.8 Å². The maximum Gasteiger partial charge on any atom is 0.329 e. The predicted octanol–water partition coefficient (Wildman–Crippen LogP) is 1.36. The van der Waals surface area contributed by atoms with Crippen LogP contribution in [0.25, 0.3) is 0 Å². The van der Waals surface area contributed by atoms with Crippen LogP contribution in [-0.4, -0.2) is 27.5 Å². The number of amides is 1. The van der Waals surface area contributed by atoms with Crippen molar-refractivity contribution in [2.45, 2.75) is 39.2 Å². The van der Waals surface area contributed by atoms with Gasteiger partial charge in [0.05, 0.1) is 5.69 Å². The largest absolute Gasteiger partial charge is 0.480 e. The molecular formula is C11H16N2O4. The summed E-state index contributed by atoms with van der Waals surface area (Å²) in [5, 5.41) is 11.7. The quantitative estimate of drug-likeness (QED) is 0.810. The Bertz CT molecular complexity index is 421. The number of hydrogen-bond donors (Lipinski definition) is 2. The maximum absolute atomic E-state index is 11.9. The number of hydrogen-bond acceptors (Lipinski definition) is 4. The summed E-state index contributed by atoms with van der Waals surface area (Å²) in [6.45, 7) is 5.05. The third-order valence-electron chi connectivity index (χ3n) is 2.92. The van der Waals surface area contributed by atoms with Gasteiger partial charge in [-0.2, -0.15) is 0 Å². The van der Waals surface area contributed by atoms with Gasteiger partial charge in [0.2, 0.25) is 5.76 Å². The number of oxazole rings is 1. The molecule has 2 N–H and O–H groups in total. The number of carboxylic acid groups (broad SMARTS) is 1. The number of carbonyl (C=O) groups is 2. The molecule has 0 spiro atoms. The van der Waals surface area contributed by atoms with Crippen molar-refractivity contribution in [1.82, 2.24) is 10.3 Å². The van der Waals surface area contributed by atoms with E-state index in [9.17, 15) is 14.7 Å². The fourth-order valence-electron chi connectivity index (χ4n) is 1.58. The van der Waals surface area contributed by atoms with Crippen molar-refractivity contribution in [3.05, 3.63) is 17.8 Å². The number of carboxylic acids is 1. The molecule has 1 aromatic heterocycles. The molecule has 0 saturated carbocycles. The van der Waals surface area contributed by atoms with Crippen molar-refractivity contribution in [2.24, 2.45) is 0 Å². The minimum atomic E-state index is -1.25. The Balaban J connectivity index is 2.93. The molecule has 0 fully saturated rings. The zero-order chi connectivity index (χ0) is 13.1. The van der Waals surface area contributed by atoms with Gasteiger partial charge < -0.3 is 14.8 Å². The van der Waals surface area contributed by atoms with Crippen LogP contribution in [0.3, 0.4) is 0 Å². The van der Waals surface area contributed by atoms with Crippen LogP contribution in [0.4, 0.5) is 0 Å². The second kappa shape index (κ2) is 4.99. The van der Waals surface area contributed by atoms with Gasteiger partial charge in [0.15, 0.2) is 6.39 Å². The first kappa shape index (κ1) is 13.2. The third-order valence-corrected chi connectivity index (χ3v) is 2.92. The summed E-state index contributed by atoms with van der Waals surface area (Å²) in [7, 11) is 0. The van der Waals surface area contributed by atoms with Crippen LogP contribution in [0.5, 0.6) is 0 Å². The first-order valence-electron chi connectivity index (χ1n) is 5.42. The number of aromatic nitrogens is 1.